The van der Waals surface area contributed by atoms with E-state index in [9.17, 15) is 14.4 Å². The van der Waals surface area contributed by atoms with Gasteiger partial charge in [-0.05, 0) is 92.2 Å². The molecule has 5 atom stereocenters. The fourth-order valence-corrected chi connectivity index (χ4v) is 7.89. The molecule has 180 valence electrons. The van der Waals surface area contributed by atoms with E-state index in [0.29, 0.717) is 18.8 Å². The first-order chi connectivity index (χ1) is 16.2. The van der Waals surface area contributed by atoms with E-state index in [0.717, 1.165) is 37.8 Å². The van der Waals surface area contributed by atoms with Crippen molar-refractivity contribution < 1.29 is 19.1 Å². The molecule has 0 bridgehead atoms. The van der Waals surface area contributed by atoms with Crippen LogP contribution < -0.4 is 5.32 Å². The third-order valence-electron chi connectivity index (χ3n) is 9.34. The molecule has 0 amide bonds. The fourth-order valence-electron chi connectivity index (χ4n) is 7.89. The van der Waals surface area contributed by atoms with E-state index in [1.165, 1.54) is 29.2 Å². The number of carbonyl (C=O) groups is 3. The van der Waals surface area contributed by atoms with Crippen LogP contribution in [0.5, 0.6) is 0 Å². The van der Waals surface area contributed by atoms with Crippen LogP contribution in [0.2, 0.25) is 0 Å². The minimum absolute atomic E-state index is 0.0345. The highest BCUT2D eigenvalue weighted by Crippen LogP contribution is 2.67. The van der Waals surface area contributed by atoms with Crippen molar-refractivity contribution in [2.45, 2.75) is 77.2 Å². The van der Waals surface area contributed by atoms with Crippen LogP contribution in [0, 0.1) is 17.3 Å². The van der Waals surface area contributed by atoms with Gasteiger partial charge in [-0.1, -0.05) is 24.6 Å². The van der Waals surface area contributed by atoms with Gasteiger partial charge >= 0.3 is 5.97 Å². The number of ether oxygens (including phenoxy) is 1. The number of Topliss-reactive ketones (excluding diaryl/α,β-unsaturated/α-hetero) is 1. The Hall–Kier alpha value is -2.69. The summed E-state index contributed by atoms with van der Waals surface area (Å²) >= 11 is 0. The zero-order chi connectivity index (χ0) is 24.3. The van der Waals surface area contributed by atoms with Gasteiger partial charge in [0, 0.05) is 37.4 Å². The van der Waals surface area contributed by atoms with Crippen LogP contribution in [0.1, 0.15) is 77.2 Å². The van der Waals surface area contributed by atoms with Crippen LogP contribution in [-0.4, -0.2) is 30.2 Å². The number of nitrogens with one attached hydrogen (secondary N) is 1. The molecule has 0 saturated heterocycles. The summed E-state index contributed by atoms with van der Waals surface area (Å²) in [6, 6.07) is 8.58. The van der Waals surface area contributed by atoms with Crippen molar-refractivity contribution in [2.75, 3.05) is 12.4 Å². The fraction of sp³-hybridized carbons (Fsp3) is 0.552. The van der Waals surface area contributed by atoms with Crippen LogP contribution >= 0.6 is 0 Å². The Morgan fingerprint density at radius 2 is 1.79 bits per heavy atom. The number of ketones is 2. The largest absolute Gasteiger partial charge is 0.451 e. The molecule has 1 aromatic rings. The molecule has 1 aromatic carbocycles. The van der Waals surface area contributed by atoms with Crippen molar-refractivity contribution in [1.82, 2.24) is 0 Å². The van der Waals surface area contributed by atoms with Crippen molar-refractivity contribution in [2.24, 2.45) is 17.3 Å². The predicted octanol–water partition coefficient (Wildman–Crippen LogP) is 5.52. The monoisotopic (exact) mass is 461 g/mol. The first-order valence-corrected chi connectivity index (χ1v) is 12.6. The summed E-state index contributed by atoms with van der Waals surface area (Å²) < 4.78 is 5.98. The Kier molecular flexibility index (Phi) is 5.57. The maximum atomic E-state index is 13.2. The van der Waals surface area contributed by atoms with Crippen molar-refractivity contribution in [3.05, 3.63) is 52.6 Å². The number of anilines is 1. The zero-order valence-corrected chi connectivity index (χ0v) is 20.7. The zero-order valence-electron chi connectivity index (χ0n) is 20.7. The number of rotatable bonds is 4. The van der Waals surface area contributed by atoms with E-state index >= 15 is 0 Å². The van der Waals surface area contributed by atoms with E-state index in [-0.39, 0.29) is 29.4 Å². The van der Waals surface area contributed by atoms with Gasteiger partial charge in [0.15, 0.2) is 17.2 Å². The Labute approximate surface area is 202 Å². The van der Waals surface area contributed by atoms with Crippen LogP contribution in [0.3, 0.4) is 0 Å². The second kappa shape index (κ2) is 8.21. The Morgan fingerprint density at radius 1 is 1.06 bits per heavy atom. The average Bonchev–Trinajstić information content (AvgIpc) is 3.10. The second-order valence-electron chi connectivity index (χ2n) is 10.9. The molecule has 1 N–H and O–H groups in total. The quantitative estimate of drug-likeness (QED) is 0.598. The highest BCUT2D eigenvalue weighted by atomic mass is 16.6. The summed E-state index contributed by atoms with van der Waals surface area (Å²) in [5.74, 6) is 0.579. The lowest BCUT2D eigenvalue weighted by molar-refractivity contribution is -0.182. The van der Waals surface area contributed by atoms with E-state index in [4.69, 9.17) is 4.74 Å². The molecule has 34 heavy (non-hydrogen) atoms. The lowest BCUT2D eigenvalue weighted by Crippen LogP contribution is -2.57. The summed E-state index contributed by atoms with van der Waals surface area (Å²) in [7, 11) is 1.91. The number of allylic oxidation sites excluding steroid dienone is 4. The number of esters is 1. The topological polar surface area (TPSA) is 72.5 Å². The van der Waals surface area contributed by atoms with Gasteiger partial charge in [-0.2, -0.15) is 0 Å². The minimum Gasteiger partial charge on any atom is -0.451 e. The lowest BCUT2D eigenvalue weighted by Gasteiger charge is -2.55. The molecule has 0 spiro atoms. The van der Waals surface area contributed by atoms with Gasteiger partial charge in [0.25, 0.3) is 0 Å². The summed E-state index contributed by atoms with van der Waals surface area (Å²) in [6.45, 7) is 5.21. The summed E-state index contributed by atoms with van der Waals surface area (Å²) in [5.41, 5.74) is 4.87. The normalized spacial score (nSPS) is 34.5. The Morgan fingerprint density at radius 3 is 2.44 bits per heavy atom. The summed E-state index contributed by atoms with van der Waals surface area (Å²) in [6.07, 6.45) is 7.40. The SMILES string of the molecule is CNc1ccc([C@H]2C[C@@]3(C)C(CCC3(OC(C)=O)C(C)=O)C3CCC4=CC(=O)CCC4=C32)cc1. The van der Waals surface area contributed by atoms with E-state index < -0.39 is 11.0 Å². The molecule has 4 aliphatic carbocycles. The number of fused-ring (bicyclic) bond motifs is 4. The lowest BCUT2D eigenvalue weighted by atomic mass is 9.50. The molecule has 2 fully saturated rings. The van der Waals surface area contributed by atoms with E-state index in [2.05, 4.69) is 36.5 Å². The van der Waals surface area contributed by atoms with Crippen molar-refractivity contribution in [3.8, 4) is 0 Å². The minimum atomic E-state index is -1.07. The van der Waals surface area contributed by atoms with Crippen LogP contribution in [0.4, 0.5) is 5.69 Å². The van der Waals surface area contributed by atoms with Crippen LogP contribution in [0.15, 0.2) is 47.1 Å². The third kappa shape index (κ3) is 3.30. The molecule has 4 aliphatic rings. The van der Waals surface area contributed by atoms with Gasteiger partial charge in [0.1, 0.15) is 0 Å². The number of carbonyl (C=O) groups excluding carboxylic acids is 3. The predicted molar refractivity (Wildman–Crippen MR) is 131 cm³/mol. The number of hydrogen-bond acceptors (Lipinski definition) is 5. The molecule has 0 heterocycles. The van der Waals surface area contributed by atoms with E-state index in [1.54, 1.807) is 6.92 Å². The Balaban J connectivity index is 1.69. The first kappa shape index (κ1) is 23.1. The highest BCUT2D eigenvalue weighted by Gasteiger charge is 2.67. The molecule has 3 unspecified atom stereocenters. The van der Waals surface area contributed by atoms with Crippen LogP contribution in [0.25, 0.3) is 0 Å². The van der Waals surface area contributed by atoms with Gasteiger partial charge < -0.3 is 10.1 Å². The molecule has 0 aromatic heterocycles. The van der Waals surface area contributed by atoms with Gasteiger partial charge in [-0.25, -0.2) is 0 Å². The molecular formula is C29H35NO4. The first-order valence-electron chi connectivity index (χ1n) is 12.6. The summed E-state index contributed by atoms with van der Waals surface area (Å²) in [4.78, 5) is 37.6. The van der Waals surface area contributed by atoms with Gasteiger partial charge in [0.2, 0.25) is 0 Å². The molecule has 0 radical (unpaired) electrons. The molecule has 5 heteroatoms. The standard InChI is InChI=1S/C29H35NO4/c1-17(31)29(34-18(2)32)14-13-26-24-11-7-20-15-22(33)10-12-23(20)27(24)25(16-28(26,29)3)19-5-8-21(30-4)9-6-19/h5-6,8-9,15,24-26,30H,7,10-14,16H2,1-4H3/t24?,25-,26?,28+,29?/m1/s1. The van der Waals surface area contributed by atoms with Crippen molar-refractivity contribution in [1.29, 1.82) is 0 Å². The molecule has 5 rings (SSSR count). The number of benzene rings is 1. The van der Waals surface area contributed by atoms with Crippen molar-refractivity contribution >= 4 is 23.2 Å². The Bertz CT molecular complexity index is 1110. The molecule has 5 nitrogen and oxygen atoms in total. The summed E-state index contributed by atoms with van der Waals surface area (Å²) in [5, 5.41) is 3.20. The van der Waals surface area contributed by atoms with E-state index in [1.807, 2.05) is 13.1 Å². The maximum absolute atomic E-state index is 13.2. The van der Waals surface area contributed by atoms with Gasteiger partial charge in [-0.3, -0.25) is 14.4 Å². The average molecular weight is 462 g/mol. The molecule has 2 saturated carbocycles. The van der Waals surface area contributed by atoms with Gasteiger partial charge in [0.05, 0.1) is 0 Å². The van der Waals surface area contributed by atoms with Gasteiger partial charge in [-0.15, -0.1) is 0 Å². The van der Waals surface area contributed by atoms with Crippen LogP contribution in [-0.2, 0) is 19.1 Å². The molecular weight excluding hydrogens is 426 g/mol. The maximum Gasteiger partial charge on any atom is 0.303 e. The smallest absolute Gasteiger partial charge is 0.303 e. The highest BCUT2D eigenvalue weighted by molar-refractivity contribution is 5.93. The third-order valence-corrected chi connectivity index (χ3v) is 9.34. The molecule has 0 aliphatic heterocycles. The number of hydrogen-bond donors (Lipinski definition) is 1. The van der Waals surface area contributed by atoms with Crippen molar-refractivity contribution in [3.63, 3.8) is 0 Å². The second-order valence-corrected chi connectivity index (χ2v) is 10.9.